The lowest BCUT2D eigenvalue weighted by Crippen LogP contribution is -2.52. The van der Waals surface area contributed by atoms with Crippen molar-refractivity contribution in [1.29, 1.82) is 0 Å². The monoisotopic (exact) mass is 509 g/mol. The van der Waals surface area contributed by atoms with Gasteiger partial charge in [0.25, 0.3) is 5.91 Å². The van der Waals surface area contributed by atoms with Crippen LogP contribution < -0.4 is 10.1 Å². The van der Waals surface area contributed by atoms with Crippen LogP contribution >= 0.6 is 0 Å². The maximum Gasteiger partial charge on any atom is 0.255 e. The van der Waals surface area contributed by atoms with E-state index in [0.717, 1.165) is 48.3 Å². The number of imide groups is 1. The third-order valence-corrected chi connectivity index (χ3v) is 7.31. The van der Waals surface area contributed by atoms with Crippen molar-refractivity contribution in [2.75, 3.05) is 13.1 Å². The molecule has 3 aliphatic heterocycles. The Hall–Kier alpha value is -4.29. The van der Waals surface area contributed by atoms with Crippen LogP contribution in [0.1, 0.15) is 53.5 Å². The molecule has 0 aliphatic carbocycles. The molecule has 0 bridgehead atoms. The molecule has 38 heavy (non-hydrogen) atoms. The van der Waals surface area contributed by atoms with Crippen molar-refractivity contribution in [3.05, 3.63) is 65.1 Å². The summed E-state index contributed by atoms with van der Waals surface area (Å²) in [6.07, 6.45) is 3.38. The topological polar surface area (TPSA) is 105 Å². The Kier molecular flexibility index (Phi) is 6.26. The predicted octanol–water partition coefficient (Wildman–Crippen LogP) is 2.42. The molecule has 9 nitrogen and oxygen atoms in total. The van der Waals surface area contributed by atoms with E-state index in [4.69, 9.17) is 4.74 Å². The van der Waals surface area contributed by atoms with Crippen LogP contribution in [0.5, 0.6) is 5.75 Å². The number of fused-ring (bicyclic) bond motifs is 2. The second-order valence-electron chi connectivity index (χ2n) is 9.94. The van der Waals surface area contributed by atoms with Gasteiger partial charge in [-0.25, -0.2) is 9.97 Å². The molecule has 1 unspecified atom stereocenters. The van der Waals surface area contributed by atoms with Crippen LogP contribution in [0.15, 0.2) is 42.6 Å². The molecule has 0 spiro atoms. The first-order valence-electron chi connectivity index (χ1n) is 12.8. The summed E-state index contributed by atoms with van der Waals surface area (Å²) < 4.78 is 6.30. The van der Waals surface area contributed by atoms with E-state index < -0.39 is 11.9 Å². The van der Waals surface area contributed by atoms with Crippen molar-refractivity contribution in [2.45, 2.75) is 51.4 Å². The van der Waals surface area contributed by atoms with E-state index in [2.05, 4.69) is 44.2 Å². The van der Waals surface area contributed by atoms with Gasteiger partial charge in [-0.05, 0) is 67.1 Å². The molecule has 4 heterocycles. The Bertz CT molecular complexity index is 1520. The molecule has 1 aromatic heterocycles. The molecule has 2 fully saturated rings. The summed E-state index contributed by atoms with van der Waals surface area (Å²) >= 11 is 0. The zero-order chi connectivity index (χ0) is 26.2. The van der Waals surface area contributed by atoms with Gasteiger partial charge >= 0.3 is 0 Å². The molecule has 1 N–H and O–H groups in total. The smallest absolute Gasteiger partial charge is 0.255 e. The van der Waals surface area contributed by atoms with Gasteiger partial charge < -0.3 is 9.64 Å². The molecule has 9 heteroatoms. The minimum atomic E-state index is -0.617. The number of nitrogens with one attached hydrogen (secondary N) is 1. The van der Waals surface area contributed by atoms with Crippen LogP contribution in [-0.2, 0) is 22.7 Å². The number of nitrogens with zero attached hydrogens (tertiary/aromatic N) is 4. The van der Waals surface area contributed by atoms with E-state index in [-0.39, 0.29) is 24.3 Å². The average molecular weight is 510 g/mol. The quantitative estimate of drug-likeness (QED) is 0.416. The number of carbonyl (C=O) groups excluding carboxylic acids is 3. The number of ether oxygens (including phenoxy) is 1. The van der Waals surface area contributed by atoms with Gasteiger partial charge in [0.15, 0.2) is 0 Å². The highest BCUT2D eigenvalue weighted by molar-refractivity contribution is 6.05. The van der Waals surface area contributed by atoms with Crippen LogP contribution in [-0.4, -0.2) is 62.7 Å². The normalized spacial score (nSPS) is 21.3. The molecule has 2 atom stereocenters. The molecule has 2 saturated heterocycles. The summed E-state index contributed by atoms with van der Waals surface area (Å²) in [6, 6.07) is 11.1. The number of likely N-dealkylation sites (tertiary alicyclic amines) is 1. The van der Waals surface area contributed by atoms with E-state index in [0.29, 0.717) is 24.4 Å². The lowest BCUT2D eigenvalue weighted by Gasteiger charge is -2.29. The second-order valence-corrected chi connectivity index (χ2v) is 9.94. The Morgan fingerprint density at radius 3 is 2.87 bits per heavy atom. The van der Waals surface area contributed by atoms with Crippen molar-refractivity contribution in [1.82, 2.24) is 25.1 Å². The standard InChI is InChI=1S/C29H27N5O4/c1-2-3-26-30-14-19-12-18(4-7-24(19)31-26)15-33-11-10-22(17-33)38-21-5-6-23-20(13-21)16-34(29(23)37)25-8-9-27(35)32-28(25)36/h4-7,12-14,22,25H,8-11,15-17H2,1H3,(H,32,35,36)/t22-,25?/m0/s1. The summed E-state index contributed by atoms with van der Waals surface area (Å²) in [5.74, 6) is 6.11. The van der Waals surface area contributed by atoms with E-state index in [1.807, 2.05) is 24.4 Å². The molecule has 3 aromatic rings. The van der Waals surface area contributed by atoms with Gasteiger partial charge in [0.05, 0.1) is 5.52 Å². The number of amides is 3. The van der Waals surface area contributed by atoms with Gasteiger partial charge in [-0.2, -0.15) is 0 Å². The number of piperidine rings is 1. The van der Waals surface area contributed by atoms with E-state index in [9.17, 15) is 14.4 Å². The van der Waals surface area contributed by atoms with Crippen molar-refractivity contribution in [2.24, 2.45) is 0 Å². The Labute approximate surface area is 220 Å². The number of benzene rings is 2. The highest BCUT2D eigenvalue weighted by atomic mass is 16.5. The maximum absolute atomic E-state index is 12.9. The fourth-order valence-corrected chi connectivity index (χ4v) is 5.46. The van der Waals surface area contributed by atoms with Crippen LogP contribution in [0.25, 0.3) is 10.9 Å². The number of hydrogen-bond acceptors (Lipinski definition) is 7. The molecule has 3 amide bonds. The van der Waals surface area contributed by atoms with Gasteiger partial charge in [0.2, 0.25) is 17.6 Å². The van der Waals surface area contributed by atoms with Crippen LogP contribution in [0.2, 0.25) is 0 Å². The molecule has 3 aliphatic rings. The minimum Gasteiger partial charge on any atom is -0.489 e. The van der Waals surface area contributed by atoms with Gasteiger partial charge in [0, 0.05) is 49.7 Å². The molecule has 0 saturated carbocycles. The lowest BCUT2D eigenvalue weighted by molar-refractivity contribution is -0.136. The third kappa shape index (κ3) is 4.71. The number of rotatable bonds is 5. The van der Waals surface area contributed by atoms with E-state index >= 15 is 0 Å². The number of carbonyl (C=O) groups is 3. The minimum absolute atomic E-state index is 0.0513. The highest BCUT2D eigenvalue weighted by Crippen LogP contribution is 2.31. The van der Waals surface area contributed by atoms with Crippen molar-refractivity contribution in [3.63, 3.8) is 0 Å². The van der Waals surface area contributed by atoms with Crippen molar-refractivity contribution in [3.8, 4) is 17.6 Å². The van der Waals surface area contributed by atoms with Crippen molar-refractivity contribution >= 4 is 28.6 Å². The zero-order valence-corrected chi connectivity index (χ0v) is 21.1. The first kappa shape index (κ1) is 24.1. The van der Waals surface area contributed by atoms with Gasteiger partial charge in [-0.15, -0.1) is 0 Å². The van der Waals surface area contributed by atoms with Crippen molar-refractivity contribution < 1.29 is 19.1 Å². The van der Waals surface area contributed by atoms with E-state index in [1.165, 1.54) is 5.56 Å². The maximum atomic E-state index is 12.9. The predicted molar refractivity (Wildman–Crippen MR) is 139 cm³/mol. The fraction of sp³-hybridized carbons (Fsp3) is 0.345. The van der Waals surface area contributed by atoms with Crippen LogP contribution in [0.4, 0.5) is 0 Å². The van der Waals surface area contributed by atoms with Crippen LogP contribution in [0, 0.1) is 11.8 Å². The molecule has 0 radical (unpaired) electrons. The zero-order valence-electron chi connectivity index (χ0n) is 21.1. The number of aromatic nitrogens is 2. The molecular formula is C29H27N5O4. The summed E-state index contributed by atoms with van der Waals surface area (Å²) in [7, 11) is 0. The molecule has 2 aromatic carbocycles. The first-order valence-corrected chi connectivity index (χ1v) is 12.8. The Balaban J connectivity index is 1.07. The summed E-state index contributed by atoms with van der Waals surface area (Å²) in [6.45, 7) is 4.65. The summed E-state index contributed by atoms with van der Waals surface area (Å²) in [4.78, 5) is 49.4. The Morgan fingerprint density at radius 1 is 1.13 bits per heavy atom. The Morgan fingerprint density at radius 2 is 2.03 bits per heavy atom. The largest absolute Gasteiger partial charge is 0.489 e. The molecule has 192 valence electrons. The summed E-state index contributed by atoms with van der Waals surface area (Å²) in [5, 5.41) is 3.33. The van der Waals surface area contributed by atoms with E-state index in [1.54, 1.807) is 17.9 Å². The third-order valence-electron chi connectivity index (χ3n) is 7.31. The van der Waals surface area contributed by atoms with Gasteiger partial charge in [-0.1, -0.05) is 12.0 Å². The molecule has 6 rings (SSSR count). The second kappa shape index (κ2) is 9.88. The first-order chi connectivity index (χ1) is 18.5. The van der Waals surface area contributed by atoms with Crippen LogP contribution in [0.3, 0.4) is 0 Å². The highest BCUT2D eigenvalue weighted by Gasteiger charge is 2.39. The fourth-order valence-electron chi connectivity index (χ4n) is 5.46. The SMILES string of the molecule is CC#Cc1ncc2cc(CN3CC[C@H](Oc4ccc5c(c4)CN(C4CCC(=O)NC4=O)C5=O)C3)ccc2n1. The average Bonchev–Trinajstić information content (AvgIpc) is 3.47. The summed E-state index contributed by atoms with van der Waals surface area (Å²) in [5.41, 5.74) is 3.51. The molecular weight excluding hydrogens is 482 g/mol. The van der Waals surface area contributed by atoms with Gasteiger partial charge in [0.1, 0.15) is 17.9 Å². The lowest BCUT2D eigenvalue weighted by atomic mass is 10.0. The number of hydrogen-bond donors (Lipinski definition) is 1. The van der Waals surface area contributed by atoms with Gasteiger partial charge in [-0.3, -0.25) is 24.6 Å².